The normalized spacial score (nSPS) is 12.5. The van der Waals surface area contributed by atoms with Gasteiger partial charge in [-0.15, -0.1) is 0 Å². The Kier molecular flexibility index (Phi) is 6.28. The van der Waals surface area contributed by atoms with E-state index in [0.717, 1.165) is 5.56 Å². The van der Waals surface area contributed by atoms with Crippen molar-refractivity contribution in [2.45, 2.75) is 31.7 Å². The zero-order valence-electron chi connectivity index (χ0n) is 15.0. The molecule has 0 heterocycles. The van der Waals surface area contributed by atoms with Crippen molar-refractivity contribution in [1.82, 2.24) is 4.72 Å². The number of benzene rings is 2. The van der Waals surface area contributed by atoms with Gasteiger partial charge in [0.15, 0.2) is 0 Å². The number of halogens is 1. The minimum absolute atomic E-state index is 0.0637. The van der Waals surface area contributed by atoms with Gasteiger partial charge in [-0.05, 0) is 62.2 Å². The van der Waals surface area contributed by atoms with Gasteiger partial charge in [0.25, 0.3) is 0 Å². The molecule has 0 saturated carbocycles. The molecule has 8 heteroatoms. The second-order valence-electron chi connectivity index (χ2n) is 5.93. The largest absolute Gasteiger partial charge is 0.496 e. The van der Waals surface area contributed by atoms with E-state index in [1.165, 1.54) is 26.2 Å². The van der Waals surface area contributed by atoms with Gasteiger partial charge in [-0.1, -0.05) is 17.7 Å². The van der Waals surface area contributed by atoms with E-state index in [9.17, 15) is 13.2 Å². The summed E-state index contributed by atoms with van der Waals surface area (Å²) in [7, 11) is -2.34. The molecule has 0 radical (unpaired) electrons. The Morgan fingerprint density at radius 1 is 1.12 bits per heavy atom. The van der Waals surface area contributed by atoms with Gasteiger partial charge in [0.2, 0.25) is 15.9 Å². The van der Waals surface area contributed by atoms with Crippen LogP contribution in [0, 0.1) is 13.8 Å². The first-order valence-electron chi connectivity index (χ1n) is 7.88. The van der Waals surface area contributed by atoms with E-state index in [-0.39, 0.29) is 4.90 Å². The Morgan fingerprint density at radius 2 is 1.81 bits per heavy atom. The third-order valence-corrected chi connectivity index (χ3v) is 5.79. The van der Waals surface area contributed by atoms with Crippen LogP contribution in [0.1, 0.15) is 18.1 Å². The molecule has 0 fully saturated rings. The Hall–Kier alpha value is -2.09. The smallest absolute Gasteiger partial charge is 0.242 e. The molecule has 0 bridgehead atoms. The summed E-state index contributed by atoms with van der Waals surface area (Å²) in [5.41, 5.74) is 2.06. The van der Waals surface area contributed by atoms with Gasteiger partial charge in [0, 0.05) is 10.7 Å². The van der Waals surface area contributed by atoms with Crippen LogP contribution in [0.4, 0.5) is 5.69 Å². The van der Waals surface area contributed by atoms with Crippen LogP contribution in [0.15, 0.2) is 41.3 Å². The van der Waals surface area contributed by atoms with Crippen LogP contribution in [-0.4, -0.2) is 27.5 Å². The first-order valence-corrected chi connectivity index (χ1v) is 9.74. The molecule has 2 N–H and O–H groups in total. The highest BCUT2D eigenvalue weighted by Crippen LogP contribution is 2.22. The Morgan fingerprint density at radius 3 is 2.38 bits per heavy atom. The first-order chi connectivity index (χ1) is 12.1. The summed E-state index contributed by atoms with van der Waals surface area (Å²) in [4.78, 5) is 12.3. The molecule has 1 unspecified atom stereocenters. The second-order valence-corrected chi connectivity index (χ2v) is 8.05. The number of sulfonamides is 1. The van der Waals surface area contributed by atoms with Crippen molar-refractivity contribution < 1.29 is 17.9 Å². The van der Waals surface area contributed by atoms with Crippen molar-refractivity contribution in [2.24, 2.45) is 0 Å². The summed E-state index contributed by atoms with van der Waals surface area (Å²) in [6.45, 7) is 5.07. The number of aryl methyl sites for hydroxylation is 2. The van der Waals surface area contributed by atoms with Crippen LogP contribution < -0.4 is 14.8 Å². The number of methoxy groups -OCH3 is 1. The van der Waals surface area contributed by atoms with Crippen molar-refractivity contribution in [3.8, 4) is 5.75 Å². The van der Waals surface area contributed by atoms with Crippen LogP contribution in [-0.2, 0) is 14.8 Å². The molecule has 2 rings (SSSR count). The zero-order chi connectivity index (χ0) is 19.5. The van der Waals surface area contributed by atoms with Crippen LogP contribution in [0.2, 0.25) is 5.02 Å². The summed E-state index contributed by atoms with van der Waals surface area (Å²) in [6, 6.07) is 8.61. The molecule has 6 nitrogen and oxygen atoms in total. The number of carbonyl (C=O) groups is 1. The van der Waals surface area contributed by atoms with Crippen LogP contribution in [0.25, 0.3) is 0 Å². The average molecular weight is 397 g/mol. The number of amides is 1. The molecule has 140 valence electrons. The van der Waals surface area contributed by atoms with E-state index in [2.05, 4.69) is 10.0 Å². The summed E-state index contributed by atoms with van der Waals surface area (Å²) in [6.07, 6.45) is 0. The lowest BCUT2D eigenvalue weighted by atomic mass is 10.2. The minimum Gasteiger partial charge on any atom is -0.496 e. The van der Waals surface area contributed by atoms with E-state index in [4.69, 9.17) is 16.3 Å². The fraction of sp³-hybridized carbons (Fsp3) is 0.278. The zero-order valence-corrected chi connectivity index (χ0v) is 16.5. The lowest BCUT2D eigenvalue weighted by Gasteiger charge is -2.15. The second kappa shape index (κ2) is 8.07. The third-order valence-electron chi connectivity index (χ3n) is 3.84. The molecule has 2 aromatic rings. The maximum Gasteiger partial charge on any atom is 0.242 e. The number of hydrogen-bond acceptors (Lipinski definition) is 4. The molecular weight excluding hydrogens is 376 g/mol. The van der Waals surface area contributed by atoms with E-state index in [0.29, 0.717) is 22.0 Å². The van der Waals surface area contributed by atoms with Gasteiger partial charge >= 0.3 is 0 Å². The highest BCUT2D eigenvalue weighted by molar-refractivity contribution is 7.89. The van der Waals surface area contributed by atoms with Crippen molar-refractivity contribution >= 4 is 33.2 Å². The molecule has 1 atom stereocenters. The van der Waals surface area contributed by atoms with Gasteiger partial charge in [-0.25, -0.2) is 8.42 Å². The van der Waals surface area contributed by atoms with Gasteiger partial charge in [-0.3, -0.25) is 4.79 Å². The predicted molar refractivity (Wildman–Crippen MR) is 102 cm³/mol. The fourth-order valence-corrected chi connectivity index (χ4v) is 3.76. The van der Waals surface area contributed by atoms with Crippen molar-refractivity contribution in [2.75, 3.05) is 12.4 Å². The Balaban J connectivity index is 2.11. The number of hydrogen-bond donors (Lipinski definition) is 2. The molecule has 0 aromatic heterocycles. The molecule has 0 aliphatic rings. The van der Waals surface area contributed by atoms with E-state index in [1.807, 2.05) is 6.92 Å². The number of nitrogens with one attached hydrogen (secondary N) is 2. The van der Waals surface area contributed by atoms with Gasteiger partial charge in [-0.2, -0.15) is 4.72 Å². The van der Waals surface area contributed by atoms with E-state index >= 15 is 0 Å². The van der Waals surface area contributed by atoms with E-state index < -0.39 is 22.0 Å². The number of rotatable bonds is 6. The summed E-state index contributed by atoms with van der Waals surface area (Å²) >= 11 is 6.03. The standard InChI is InChI=1S/C18H21ClN2O4S/c1-11-5-6-14(10-16(11)19)20-18(22)13(3)21-26(23,24)15-7-8-17(25-4)12(2)9-15/h5-10,13,21H,1-4H3,(H,20,22). The molecule has 0 saturated heterocycles. The topological polar surface area (TPSA) is 84.5 Å². The maximum atomic E-state index is 12.5. The van der Waals surface area contributed by atoms with Crippen LogP contribution in [0.3, 0.4) is 0 Å². The van der Waals surface area contributed by atoms with Gasteiger partial charge in [0.05, 0.1) is 18.0 Å². The van der Waals surface area contributed by atoms with Gasteiger partial charge in [0.1, 0.15) is 5.75 Å². The highest BCUT2D eigenvalue weighted by Gasteiger charge is 2.23. The molecule has 1 amide bonds. The average Bonchev–Trinajstić information content (AvgIpc) is 2.57. The van der Waals surface area contributed by atoms with Crippen molar-refractivity contribution in [3.63, 3.8) is 0 Å². The van der Waals surface area contributed by atoms with Crippen molar-refractivity contribution in [3.05, 3.63) is 52.5 Å². The lowest BCUT2D eigenvalue weighted by molar-refractivity contribution is -0.117. The molecule has 0 aliphatic carbocycles. The molecular formula is C18H21ClN2O4S. The van der Waals surface area contributed by atoms with Gasteiger partial charge < -0.3 is 10.1 Å². The van der Waals surface area contributed by atoms with Crippen LogP contribution >= 0.6 is 11.6 Å². The lowest BCUT2D eigenvalue weighted by Crippen LogP contribution is -2.41. The Bertz CT molecular complexity index is 929. The highest BCUT2D eigenvalue weighted by atomic mass is 35.5. The number of ether oxygens (including phenoxy) is 1. The predicted octanol–water partition coefficient (Wildman–Crippen LogP) is 3.27. The quantitative estimate of drug-likeness (QED) is 0.784. The number of anilines is 1. The Labute approximate surface area is 158 Å². The molecule has 0 aliphatic heterocycles. The molecule has 0 spiro atoms. The first kappa shape index (κ1) is 20.2. The van der Waals surface area contributed by atoms with Crippen LogP contribution in [0.5, 0.6) is 5.75 Å². The third kappa shape index (κ3) is 4.75. The SMILES string of the molecule is COc1ccc(S(=O)(=O)NC(C)C(=O)Nc2ccc(C)c(Cl)c2)cc1C. The summed E-state index contributed by atoms with van der Waals surface area (Å²) in [5.74, 6) is 0.102. The molecule has 2 aromatic carbocycles. The number of carbonyl (C=O) groups excluding carboxylic acids is 1. The summed E-state index contributed by atoms with van der Waals surface area (Å²) < 4.78 is 32.5. The van der Waals surface area contributed by atoms with E-state index in [1.54, 1.807) is 31.2 Å². The summed E-state index contributed by atoms with van der Waals surface area (Å²) in [5, 5.41) is 3.16. The fourth-order valence-electron chi connectivity index (χ4n) is 2.29. The minimum atomic E-state index is -3.85. The maximum absolute atomic E-state index is 12.5. The molecule has 26 heavy (non-hydrogen) atoms. The van der Waals surface area contributed by atoms with Crippen molar-refractivity contribution in [1.29, 1.82) is 0 Å². The monoisotopic (exact) mass is 396 g/mol.